The van der Waals surface area contributed by atoms with Gasteiger partial charge in [0.2, 0.25) is 0 Å². The molecule has 0 radical (unpaired) electrons. The molecule has 0 bridgehead atoms. The number of rotatable bonds is 10. The predicted molar refractivity (Wildman–Crippen MR) is 106 cm³/mol. The van der Waals surface area contributed by atoms with E-state index < -0.39 is 22.9 Å². The molecule has 3 heteroatoms. The third kappa shape index (κ3) is 5.02. The quantitative estimate of drug-likeness (QED) is 0.336. The predicted octanol–water partition coefficient (Wildman–Crippen LogP) is 7.08. The third-order valence-corrected chi connectivity index (χ3v) is 61.3. The van der Waals surface area contributed by atoms with Gasteiger partial charge in [0.1, 0.15) is 0 Å². The molecule has 0 aromatic rings. The van der Waals surface area contributed by atoms with Crippen molar-refractivity contribution in [2.45, 2.75) is 118 Å². The van der Waals surface area contributed by atoms with Crippen LogP contribution < -0.4 is 0 Å². The Morgan fingerprint density at radius 1 is 0.773 bits per heavy atom. The van der Waals surface area contributed by atoms with Crippen LogP contribution in [-0.4, -0.2) is 28.5 Å². The van der Waals surface area contributed by atoms with Gasteiger partial charge < -0.3 is 0 Å². The average Bonchev–Trinajstić information content (AvgIpc) is 2.47. The second-order valence-corrected chi connectivity index (χ2v) is 45.1. The molecule has 0 atom stereocenters. The summed E-state index contributed by atoms with van der Waals surface area (Å²) in [5.74, 6) is 0. The van der Waals surface area contributed by atoms with E-state index in [9.17, 15) is 0 Å². The third-order valence-electron chi connectivity index (χ3n) is 5.97. The number of hydrogen-bond donors (Lipinski definition) is 0. The first kappa shape index (κ1) is 21.1. The molecule has 0 amide bonds. The maximum absolute atomic E-state index is 7.26. The van der Waals surface area contributed by atoms with Gasteiger partial charge in [0.05, 0.1) is 0 Å². The van der Waals surface area contributed by atoms with E-state index in [0.29, 0.717) is 0 Å². The van der Waals surface area contributed by atoms with Crippen molar-refractivity contribution in [2.24, 2.45) is 0 Å². The summed E-state index contributed by atoms with van der Waals surface area (Å²) in [6, 6.07) is 0. The van der Waals surface area contributed by atoms with Crippen molar-refractivity contribution in [3.8, 4) is 0 Å². The molecule has 132 valence electrons. The molecule has 0 aromatic heterocycles. The summed E-state index contributed by atoms with van der Waals surface area (Å²) in [4.78, 5) is 0. The molecule has 0 saturated carbocycles. The minimum atomic E-state index is -2.13. The van der Waals surface area contributed by atoms with Crippen LogP contribution >= 0.6 is 0 Å². The van der Waals surface area contributed by atoms with Crippen LogP contribution in [0, 0.1) is 0 Å². The van der Waals surface area contributed by atoms with Crippen molar-refractivity contribution in [1.82, 2.24) is 0 Å². The molecule has 0 aromatic carbocycles. The number of unbranched alkanes of at least 4 members (excludes halogenated alkanes) is 2. The van der Waals surface area contributed by atoms with E-state index in [2.05, 4.69) is 41.5 Å². The van der Waals surface area contributed by atoms with Gasteiger partial charge in [0.15, 0.2) is 0 Å². The van der Waals surface area contributed by atoms with Gasteiger partial charge in [0, 0.05) is 0 Å². The fourth-order valence-electron chi connectivity index (χ4n) is 4.93. The molecule has 1 rings (SSSR count). The first-order valence-electron chi connectivity index (χ1n) is 10.1. The summed E-state index contributed by atoms with van der Waals surface area (Å²) in [6.07, 6.45) is 9.82. The Labute approximate surface area is 144 Å². The molecule has 1 fully saturated rings. The zero-order chi connectivity index (χ0) is 16.7. The molecule has 0 N–H and O–H groups in total. The van der Waals surface area contributed by atoms with Gasteiger partial charge >= 0.3 is 145 Å². The first-order chi connectivity index (χ1) is 10.4. The summed E-state index contributed by atoms with van der Waals surface area (Å²) in [7, 11) is 0. The van der Waals surface area contributed by atoms with E-state index in [-0.39, 0.29) is 5.60 Å². The Balaban J connectivity index is 3.19. The van der Waals surface area contributed by atoms with E-state index in [1.54, 1.807) is 26.3 Å². The van der Waals surface area contributed by atoms with Crippen LogP contribution in [0.4, 0.5) is 0 Å². The fourth-order valence-corrected chi connectivity index (χ4v) is 68.1. The van der Waals surface area contributed by atoms with E-state index in [0.717, 1.165) is 0 Å². The molecule has 0 unspecified atom stereocenters. The molecular formula is C19H42Ge2O. The summed E-state index contributed by atoms with van der Waals surface area (Å²) in [5, 5.41) is 7.97. The monoisotopic (exact) mass is 434 g/mol. The standard InChI is InChI=1S/C19H42Ge2O/c1-7-11-16-21(17-12-8-2)20(14-9-3,15-10-4)18-13-19(5,6)22-21/h7-18H2,1-6H3. The second-order valence-electron chi connectivity index (χ2n) is 8.34. The number of hydrogen-bond acceptors (Lipinski definition) is 1. The molecule has 0 aliphatic carbocycles. The molecule has 1 aliphatic heterocycles. The van der Waals surface area contributed by atoms with Crippen LogP contribution in [-0.2, 0) is 3.76 Å². The molecule has 0 spiro atoms. The Bertz CT molecular complexity index is 301. The molecule has 1 saturated heterocycles. The molecular weight excluding hydrogens is 389 g/mol. The van der Waals surface area contributed by atoms with E-state index in [4.69, 9.17) is 3.76 Å². The van der Waals surface area contributed by atoms with Crippen molar-refractivity contribution in [3.63, 3.8) is 0 Å². The van der Waals surface area contributed by atoms with Crippen LogP contribution in [0.1, 0.15) is 86.5 Å². The van der Waals surface area contributed by atoms with Crippen molar-refractivity contribution >= 4 is 22.9 Å². The Morgan fingerprint density at radius 3 is 1.68 bits per heavy atom. The summed E-state index contributed by atoms with van der Waals surface area (Å²) in [5.41, 5.74) is 0.192. The second kappa shape index (κ2) is 9.51. The van der Waals surface area contributed by atoms with Crippen molar-refractivity contribution in [1.29, 1.82) is 0 Å². The van der Waals surface area contributed by atoms with Gasteiger partial charge in [-0.3, -0.25) is 0 Å². The van der Waals surface area contributed by atoms with Crippen LogP contribution in [0.3, 0.4) is 0 Å². The van der Waals surface area contributed by atoms with Gasteiger partial charge in [0.25, 0.3) is 0 Å². The molecule has 1 aliphatic rings. The van der Waals surface area contributed by atoms with E-state index >= 15 is 0 Å². The van der Waals surface area contributed by atoms with Crippen LogP contribution in [0.2, 0.25) is 26.3 Å². The SMILES string of the molecule is CCC[CH2][Ge]1([CH2]CCC)[O]C(C)(C)C[CH2][Ge]1([CH2]CC)[CH2]CC. The zero-order valence-corrected chi connectivity index (χ0v) is 20.6. The van der Waals surface area contributed by atoms with E-state index in [1.807, 2.05) is 0 Å². The molecule has 1 nitrogen and oxygen atoms in total. The minimum absolute atomic E-state index is 0.192. The van der Waals surface area contributed by atoms with Crippen LogP contribution in [0.15, 0.2) is 0 Å². The van der Waals surface area contributed by atoms with Crippen molar-refractivity contribution in [2.75, 3.05) is 0 Å². The van der Waals surface area contributed by atoms with Gasteiger partial charge in [-0.1, -0.05) is 0 Å². The van der Waals surface area contributed by atoms with Gasteiger partial charge in [-0.05, 0) is 0 Å². The zero-order valence-electron chi connectivity index (χ0n) is 16.4. The Morgan fingerprint density at radius 2 is 1.27 bits per heavy atom. The maximum atomic E-state index is 7.26. The van der Waals surface area contributed by atoms with Crippen LogP contribution in [0.25, 0.3) is 0 Å². The Kier molecular flexibility index (Phi) is 9.11. The van der Waals surface area contributed by atoms with Crippen molar-refractivity contribution in [3.05, 3.63) is 0 Å². The summed E-state index contributed by atoms with van der Waals surface area (Å²) < 4.78 is 7.26. The Hall–Kier alpha value is 1.05. The van der Waals surface area contributed by atoms with Crippen LogP contribution in [0.5, 0.6) is 0 Å². The fraction of sp³-hybridized carbons (Fsp3) is 1.00. The van der Waals surface area contributed by atoms with Gasteiger partial charge in [-0.15, -0.1) is 0 Å². The van der Waals surface area contributed by atoms with Gasteiger partial charge in [-0.25, -0.2) is 0 Å². The van der Waals surface area contributed by atoms with Gasteiger partial charge in [-0.2, -0.15) is 0 Å². The van der Waals surface area contributed by atoms with Crippen molar-refractivity contribution < 1.29 is 3.76 Å². The average molecular weight is 432 g/mol. The summed E-state index contributed by atoms with van der Waals surface area (Å²) in [6.45, 7) is 14.4. The van der Waals surface area contributed by atoms with E-state index in [1.165, 1.54) is 44.9 Å². The molecule has 1 heterocycles. The molecule has 22 heavy (non-hydrogen) atoms. The summed E-state index contributed by atoms with van der Waals surface area (Å²) >= 11 is -3.91. The normalized spacial score (nSPS) is 22.6. The topological polar surface area (TPSA) is 9.23 Å². The first-order valence-corrected chi connectivity index (χ1v) is 24.9.